The van der Waals surface area contributed by atoms with Crippen LogP contribution in [0.5, 0.6) is 0 Å². The van der Waals surface area contributed by atoms with Gasteiger partial charge in [0.2, 0.25) is 0 Å². The average Bonchev–Trinajstić information content (AvgIpc) is 3.13. The Bertz CT molecular complexity index is 343. The lowest BCUT2D eigenvalue weighted by Crippen LogP contribution is -2.31. The Morgan fingerprint density at radius 2 is 2.13 bits per heavy atom. The monoisotopic (exact) mass is 208 g/mol. The Morgan fingerprint density at radius 3 is 2.73 bits per heavy atom. The van der Waals surface area contributed by atoms with Crippen molar-refractivity contribution < 1.29 is 4.52 Å². The van der Waals surface area contributed by atoms with Gasteiger partial charge in [-0.2, -0.15) is 4.98 Å². The number of nitrogens with two attached hydrogens (primary N) is 1. The number of aromatic nitrogens is 2. The minimum atomic E-state index is 0.557. The predicted molar refractivity (Wildman–Crippen MR) is 55.7 cm³/mol. The zero-order valence-electron chi connectivity index (χ0n) is 8.72. The third-order valence-corrected chi connectivity index (χ3v) is 2.98. The molecule has 0 unspecified atom stereocenters. The van der Waals surface area contributed by atoms with Gasteiger partial charge in [0, 0.05) is 25.0 Å². The van der Waals surface area contributed by atoms with Crippen LogP contribution in [0.15, 0.2) is 4.52 Å². The molecule has 5 heteroatoms. The standard InChI is InChI=1S/C10H16N4O/c11-5-6-14(8-3-4-8)10-12-9(13-15-10)7-1-2-7/h7-8H,1-6,11H2. The summed E-state index contributed by atoms with van der Waals surface area (Å²) in [6.45, 7) is 1.45. The lowest BCUT2D eigenvalue weighted by molar-refractivity contribution is 0.405. The zero-order valence-corrected chi connectivity index (χ0v) is 8.72. The van der Waals surface area contributed by atoms with Crippen LogP contribution in [0.25, 0.3) is 0 Å². The summed E-state index contributed by atoms with van der Waals surface area (Å²) in [4.78, 5) is 6.60. The molecule has 0 radical (unpaired) electrons. The predicted octanol–water partition coefficient (Wildman–Crippen LogP) is 0.874. The van der Waals surface area contributed by atoms with Crippen molar-refractivity contribution in [2.45, 2.75) is 37.6 Å². The molecule has 0 bridgehead atoms. The highest BCUT2D eigenvalue weighted by Gasteiger charge is 2.34. The van der Waals surface area contributed by atoms with E-state index in [1.807, 2.05) is 0 Å². The Kier molecular flexibility index (Phi) is 2.12. The van der Waals surface area contributed by atoms with Crippen LogP contribution in [0.3, 0.4) is 0 Å². The maximum absolute atomic E-state index is 5.58. The van der Waals surface area contributed by atoms with Crippen molar-refractivity contribution in [2.75, 3.05) is 18.0 Å². The summed E-state index contributed by atoms with van der Waals surface area (Å²) in [5, 5.41) is 4.02. The lowest BCUT2D eigenvalue weighted by atomic mass is 10.4. The van der Waals surface area contributed by atoms with Gasteiger partial charge in [-0.1, -0.05) is 5.16 Å². The summed E-state index contributed by atoms with van der Waals surface area (Å²) in [6, 6.07) is 1.26. The number of rotatable bonds is 5. The summed E-state index contributed by atoms with van der Waals surface area (Å²) in [5.41, 5.74) is 5.58. The van der Waals surface area contributed by atoms with Crippen LogP contribution in [-0.2, 0) is 0 Å². The molecule has 0 spiro atoms. The third-order valence-electron chi connectivity index (χ3n) is 2.98. The first-order valence-electron chi connectivity index (χ1n) is 5.69. The Hall–Kier alpha value is -1.10. The van der Waals surface area contributed by atoms with Crippen LogP contribution in [0.1, 0.15) is 37.4 Å². The number of anilines is 1. The van der Waals surface area contributed by atoms with E-state index in [-0.39, 0.29) is 0 Å². The van der Waals surface area contributed by atoms with Crippen molar-refractivity contribution in [2.24, 2.45) is 5.73 Å². The van der Waals surface area contributed by atoms with Gasteiger partial charge in [-0.05, 0) is 25.7 Å². The molecule has 5 nitrogen and oxygen atoms in total. The van der Waals surface area contributed by atoms with E-state index < -0.39 is 0 Å². The second-order valence-electron chi connectivity index (χ2n) is 4.42. The topological polar surface area (TPSA) is 68.2 Å². The van der Waals surface area contributed by atoms with E-state index in [2.05, 4.69) is 15.0 Å². The van der Waals surface area contributed by atoms with Gasteiger partial charge in [0.05, 0.1) is 0 Å². The Morgan fingerprint density at radius 1 is 1.33 bits per heavy atom. The molecule has 1 heterocycles. The van der Waals surface area contributed by atoms with Gasteiger partial charge in [-0.15, -0.1) is 0 Å². The van der Waals surface area contributed by atoms with Gasteiger partial charge in [-0.3, -0.25) is 0 Å². The molecule has 2 aliphatic carbocycles. The van der Waals surface area contributed by atoms with Crippen molar-refractivity contribution >= 4 is 6.01 Å². The SMILES string of the molecule is NCCN(c1nc(C2CC2)no1)C1CC1. The number of nitrogens with zero attached hydrogens (tertiary/aromatic N) is 3. The number of hydrogen-bond acceptors (Lipinski definition) is 5. The van der Waals surface area contributed by atoms with Gasteiger partial charge in [-0.25, -0.2) is 0 Å². The van der Waals surface area contributed by atoms with Crippen LogP contribution >= 0.6 is 0 Å². The molecule has 15 heavy (non-hydrogen) atoms. The Labute approximate surface area is 88.6 Å². The summed E-state index contributed by atoms with van der Waals surface area (Å²) in [6.07, 6.45) is 4.86. The minimum absolute atomic E-state index is 0.557. The molecule has 3 rings (SSSR count). The fourth-order valence-corrected chi connectivity index (χ4v) is 1.81. The molecule has 0 aliphatic heterocycles. The van der Waals surface area contributed by atoms with Gasteiger partial charge in [0.1, 0.15) is 0 Å². The molecule has 82 valence electrons. The second-order valence-corrected chi connectivity index (χ2v) is 4.42. The van der Waals surface area contributed by atoms with Gasteiger partial charge >= 0.3 is 6.01 Å². The smallest absolute Gasteiger partial charge is 0.324 e. The fourth-order valence-electron chi connectivity index (χ4n) is 1.81. The summed E-state index contributed by atoms with van der Waals surface area (Å²) in [7, 11) is 0. The molecule has 2 saturated carbocycles. The minimum Gasteiger partial charge on any atom is -0.329 e. The second kappa shape index (κ2) is 3.48. The van der Waals surface area contributed by atoms with Crippen molar-refractivity contribution in [3.63, 3.8) is 0 Å². The maximum Gasteiger partial charge on any atom is 0.324 e. The molecular formula is C10H16N4O. The van der Waals surface area contributed by atoms with E-state index in [1.165, 1.54) is 25.7 Å². The summed E-state index contributed by atoms with van der Waals surface area (Å²) in [5.74, 6) is 1.44. The Balaban J connectivity index is 1.75. The highest BCUT2D eigenvalue weighted by molar-refractivity contribution is 5.31. The number of hydrogen-bond donors (Lipinski definition) is 1. The summed E-state index contributed by atoms with van der Waals surface area (Å²) >= 11 is 0. The normalized spacial score (nSPS) is 20.6. The molecule has 0 amide bonds. The van der Waals surface area contributed by atoms with Crippen molar-refractivity contribution in [1.82, 2.24) is 10.1 Å². The van der Waals surface area contributed by atoms with Gasteiger partial charge in [0.25, 0.3) is 0 Å². The third kappa shape index (κ3) is 1.84. The van der Waals surface area contributed by atoms with Crippen LogP contribution in [0, 0.1) is 0 Å². The van der Waals surface area contributed by atoms with Crippen LogP contribution in [0.4, 0.5) is 6.01 Å². The highest BCUT2D eigenvalue weighted by atomic mass is 16.5. The maximum atomic E-state index is 5.58. The first kappa shape index (κ1) is 9.15. The molecular weight excluding hydrogens is 192 g/mol. The average molecular weight is 208 g/mol. The molecule has 2 fully saturated rings. The van der Waals surface area contributed by atoms with Crippen molar-refractivity contribution in [1.29, 1.82) is 0 Å². The van der Waals surface area contributed by atoms with Crippen LogP contribution in [0.2, 0.25) is 0 Å². The molecule has 0 saturated heterocycles. The molecule has 0 aromatic carbocycles. The fraction of sp³-hybridized carbons (Fsp3) is 0.800. The first-order valence-corrected chi connectivity index (χ1v) is 5.69. The van der Waals surface area contributed by atoms with Gasteiger partial charge < -0.3 is 15.2 Å². The van der Waals surface area contributed by atoms with E-state index in [9.17, 15) is 0 Å². The largest absolute Gasteiger partial charge is 0.329 e. The molecule has 2 N–H and O–H groups in total. The highest BCUT2D eigenvalue weighted by Crippen LogP contribution is 2.39. The van der Waals surface area contributed by atoms with E-state index in [1.54, 1.807) is 0 Å². The molecule has 2 aliphatic rings. The van der Waals surface area contributed by atoms with Crippen molar-refractivity contribution in [3.8, 4) is 0 Å². The van der Waals surface area contributed by atoms with E-state index in [0.717, 1.165) is 12.4 Å². The molecule has 1 aromatic heterocycles. The van der Waals surface area contributed by atoms with Crippen molar-refractivity contribution in [3.05, 3.63) is 5.82 Å². The quantitative estimate of drug-likeness (QED) is 0.777. The van der Waals surface area contributed by atoms with E-state index in [0.29, 0.717) is 24.5 Å². The summed E-state index contributed by atoms with van der Waals surface area (Å²) < 4.78 is 5.29. The lowest BCUT2D eigenvalue weighted by Gasteiger charge is -2.17. The van der Waals surface area contributed by atoms with Crippen LogP contribution in [-0.4, -0.2) is 29.3 Å². The molecule has 0 atom stereocenters. The zero-order chi connectivity index (χ0) is 10.3. The molecule has 1 aromatic rings. The van der Waals surface area contributed by atoms with E-state index in [4.69, 9.17) is 10.3 Å². The van der Waals surface area contributed by atoms with E-state index >= 15 is 0 Å². The first-order chi connectivity index (χ1) is 7.38. The van der Waals surface area contributed by atoms with Gasteiger partial charge in [0.15, 0.2) is 5.82 Å². The van der Waals surface area contributed by atoms with Crippen LogP contribution < -0.4 is 10.6 Å².